The van der Waals surface area contributed by atoms with Crippen molar-refractivity contribution >= 4 is 29.9 Å². The molecule has 2 aliphatic rings. The van der Waals surface area contributed by atoms with E-state index in [1.807, 2.05) is 13.1 Å². The molecule has 6 nitrogen and oxygen atoms in total. The zero-order valence-electron chi connectivity index (χ0n) is 18.1. The van der Waals surface area contributed by atoms with Crippen molar-refractivity contribution in [1.29, 1.82) is 0 Å². The van der Waals surface area contributed by atoms with Gasteiger partial charge in [0.05, 0.1) is 19.8 Å². The predicted molar refractivity (Wildman–Crippen MR) is 129 cm³/mol. The summed E-state index contributed by atoms with van der Waals surface area (Å²) in [6.07, 6.45) is 5.19. The van der Waals surface area contributed by atoms with E-state index in [0.29, 0.717) is 0 Å². The summed E-state index contributed by atoms with van der Waals surface area (Å²) in [5, 5.41) is 3.58. The number of ether oxygens (including phenoxy) is 2. The van der Waals surface area contributed by atoms with Gasteiger partial charge in [-0.15, -0.1) is 24.0 Å². The number of methoxy groups -OCH3 is 1. The number of benzene rings is 1. The molecule has 1 aliphatic carbocycles. The number of likely N-dealkylation sites (tertiary alicyclic amines) is 1. The van der Waals surface area contributed by atoms with Crippen LogP contribution >= 0.6 is 24.0 Å². The van der Waals surface area contributed by atoms with Gasteiger partial charge >= 0.3 is 0 Å². The van der Waals surface area contributed by atoms with Gasteiger partial charge in [0.2, 0.25) is 0 Å². The van der Waals surface area contributed by atoms with Crippen molar-refractivity contribution in [2.75, 3.05) is 60.6 Å². The molecule has 0 amide bonds. The minimum absolute atomic E-state index is 0. The average molecular weight is 516 g/mol. The first-order valence-electron chi connectivity index (χ1n) is 10.6. The number of para-hydroxylation sites is 1. The van der Waals surface area contributed by atoms with Crippen molar-refractivity contribution in [3.8, 4) is 5.75 Å². The molecule has 0 bridgehead atoms. The molecule has 1 aromatic carbocycles. The summed E-state index contributed by atoms with van der Waals surface area (Å²) >= 11 is 0. The van der Waals surface area contributed by atoms with E-state index in [4.69, 9.17) is 9.47 Å². The van der Waals surface area contributed by atoms with Crippen LogP contribution in [0.5, 0.6) is 5.75 Å². The summed E-state index contributed by atoms with van der Waals surface area (Å²) in [6.45, 7) is 5.57. The Morgan fingerprint density at radius 3 is 2.66 bits per heavy atom. The number of nitrogens with zero attached hydrogens (tertiary/aromatic N) is 3. The van der Waals surface area contributed by atoms with E-state index in [0.717, 1.165) is 57.0 Å². The highest BCUT2D eigenvalue weighted by Crippen LogP contribution is 2.31. The number of halogens is 1. The third kappa shape index (κ3) is 7.29. The Hall–Kier alpha value is -1.06. The second kappa shape index (κ2) is 12.6. The van der Waals surface area contributed by atoms with Crippen molar-refractivity contribution in [3.05, 3.63) is 29.8 Å². The van der Waals surface area contributed by atoms with Crippen LogP contribution in [0.15, 0.2) is 29.3 Å². The molecule has 0 aromatic heterocycles. The Morgan fingerprint density at radius 2 is 2.00 bits per heavy atom. The molecule has 1 saturated heterocycles. The average Bonchev–Trinajstić information content (AvgIpc) is 3.40. The number of hydrogen-bond acceptors (Lipinski definition) is 4. The zero-order chi connectivity index (χ0) is 19.8. The first-order chi connectivity index (χ1) is 13.7. The molecule has 1 aromatic rings. The Balaban J connectivity index is 0.00000300. The highest BCUT2D eigenvalue weighted by Gasteiger charge is 2.26. The largest absolute Gasteiger partial charge is 0.496 e. The molecule has 0 radical (unpaired) electrons. The molecular weight excluding hydrogens is 479 g/mol. The zero-order valence-corrected chi connectivity index (χ0v) is 20.4. The second-order valence-corrected chi connectivity index (χ2v) is 7.87. The van der Waals surface area contributed by atoms with Gasteiger partial charge in [-0.05, 0) is 50.8 Å². The lowest BCUT2D eigenvalue weighted by molar-refractivity contribution is 0.115. The molecule has 1 aliphatic heterocycles. The van der Waals surface area contributed by atoms with Crippen LogP contribution in [0.1, 0.15) is 37.3 Å². The first kappa shape index (κ1) is 24.2. The number of likely N-dealkylation sites (N-methyl/N-ethyl adjacent to an activating group) is 1. The maximum absolute atomic E-state index is 5.78. The minimum atomic E-state index is 0. The summed E-state index contributed by atoms with van der Waals surface area (Å²) in [6, 6.07) is 8.64. The van der Waals surface area contributed by atoms with E-state index in [1.165, 1.54) is 31.2 Å². The Morgan fingerprint density at radius 1 is 1.28 bits per heavy atom. The Labute approximate surface area is 193 Å². The summed E-state index contributed by atoms with van der Waals surface area (Å²) in [5.41, 5.74) is 1.24. The van der Waals surface area contributed by atoms with Crippen LogP contribution in [-0.4, -0.2) is 76.4 Å². The molecule has 3 rings (SSSR count). The summed E-state index contributed by atoms with van der Waals surface area (Å²) in [4.78, 5) is 9.18. The monoisotopic (exact) mass is 516 g/mol. The fourth-order valence-corrected chi connectivity index (χ4v) is 3.85. The molecule has 7 heteroatoms. The molecule has 29 heavy (non-hydrogen) atoms. The van der Waals surface area contributed by atoms with Gasteiger partial charge in [-0.25, -0.2) is 0 Å². The molecular formula is C22H37IN4O2. The van der Waals surface area contributed by atoms with Crippen LogP contribution in [0, 0.1) is 5.92 Å². The van der Waals surface area contributed by atoms with E-state index in [2.05, 4.69) is 45.4 Å². The van der Waals surface area contributed by atoms with Crippen LogP contribution in [-0.2, 0) is 4.74 Å². The van der Waals surface area contributed by atoms with Crippen molar-refractivity contribution in [2.45, 2.75) is 31.7 Å². The second-order valence-electron chi connectivity index (χ2n) is 7.87. The fraction of sp³-hybridized carbons (Fsp3) is 0.682. The van der Waals surface area contributed by atoms with E-state index < -0.39 is 0 Å². The molecule has 164 valence electrons. The number of aliphatic imine (C=N–C) groups is 1. The lowest BCUT2D eigenvalue weighted by atomic mass is 10.0. The third-order valence-electron chi connectivity index (χ3n) is 5.73. The third-order valence-corrected chi connectivity index (χ3v) is 5.73. The summed E-state index contributed by atoms with van der Waals surface area (Å²) < 4.78 is 11.4. The van der Waals surface area contributed by atoms with Gasteiger partial charge < -0.3 is 19.7 Å². The number of nitrogens with one attached hydrogen (secondary N) is 1. The normalized spacial score (nSPS) is 18.2. The van der Waals surface area contributed by atoms with Crippen LogP contribution in [0.3, 0.4) is 0 Å². The molecule has 1 atom stereocenters. The van der Waals surface area contributed by atoms with E-state index >= 15 is 0 Å². The van der Waals surface area contributed by atoms with E-state index in [1.54, 1.807) is 7.11 Å². The van der Waals surface area contributed by atoms with Crippen molar-refractivity contribution in [1.82, 2.24) is 15.1 Å². The van der Waals surface area contributed by atoms with Crippen molar-refractivity contribution < 1.29 is 9.47 Å². The Bertz CT molecular complexity index is 633. The molecule has 1 saturated carbocycles. The SMILES string of the molecule is CN=C(NCC(c1ccccc1OC)N1CCCC1)N(C)CCOCC1CC1.I. The predicted octanol–water partition coefficient (Wildman–Crippen LogP) is 3.38. The molecule has 2 fully saturated rings. The minimum Gasteiger partial charge on any atom is -0.496 e. The van der Waals surface area contributed by atoms with Gasteiger partial charge in [0, 0.05) is 39.4 Å². The quantitative estimate of drug-likeness (QED) is 0.224. The molecule has 1 heterocycles. The van der Waals surface area contributed by atoms with Gasteiger partial charge in [0.15, 0.2) is 5.96 Å². The maximum Gasteiger partial charge on any atom is 0.193 e. The standard InChI is InChI=1S/C22H36N4O2.HI/c1-23-22(25(2)14-15-28-17-18-10-11-18)24-16-20(26-12-6-7-13-26)19-8-4-5-9-21(19)27-3;/h4-5,8-9,18,20H,6-7,10-17H2,1-3H3,(H,23,24);1H. The smallest absolute Gasteiger partial charge is 0.193 e. The highest BCUT2D eigenvalue weighted by molar-refractivity contribution is 14.0. The fourth-order valence-electron chi connectivity index (χ4n) is 3.85. The molecule has 1 unspecified atom stereocenters. The number of hydrogen-bond donors (Lipinski definition) is 1. The first-order valence-corrected chi connectivity index (χ1v) is 10.6. The Kier molecular flexibility index (Phi) is 10.5. The van der Waals surface area contributed by atoms with Crippen molar-refractivity contribution in [2.24, 2.45) is 10.9 Å². The summed E-state index contributed by atoms with van der Waals surface area (Å²) in [5.74, 6) is 2.68. The van der Waals surface area contributed by atoms with E-state index in [-0.39, 0.29) is 30.0 Å². The van der Waals surface area contributed by atoms with Crippen molar-refractivity contribution in [3.63, 3.8) is 0 Å². The van der Waals surface area contributed by atoms with Crippen LogP contribution < -0.4 is 10.1 Å². The van der Waals surface area contributed by atoms with Gasteiger partial charge in [0.1, 0.15) is 5.75 Å². The van der Waals surface area contributed by atoms with Crippen LogP contribution in [0.2, 0.25) is 0 Å². The van der Waals surface area contributed by atoms with Gasteiger partial charge in [-0.2, -0.15) is 0 Å². The highest BCUT2D eigenvalue weighted by atomic mass is 127. The number of rotatable bonds is 10. The number of guanidine groups is 1. The summed E-state index contributed by atoms with van der Waals surface area (Å²) in [7, 11) is 5.67. The molecule has 1 N–H and O–H groups in total. The van der Waals surface area contributed by atoms with Gasteiger partial charge in [-0.3, -0.25) is 9.89 Å². The van der Waals surface area contributed by atoms with Gasteiger partial charge in [0.25, 0.3) is 0 Å². The topological polar surface area (TPSA) is 49.3 Å². The van der Waals surface area contributed by atoms with Gasteiger partial charge in [-0.1, -0.05) is 18.2 Å². The lowest BCUT2D eigenvalue weighted by Crippen LogP contribution is -2.44. The molecule has 0 spiro atoms. The van der Waals surface area contributed by atoms with E-state index in [9.17, 15) is 0 Å². The van der Waals surface area contributed by atoms with Crippen LogP contribution in [0.4, 0.5) is 0 Å². The van der Waals surface area contributed by atoms with Crippen LogP contribution in [0.25, 0.3) is 0 Å². The maximum atomic E-state index is 5.78. The lowest BCUT2D eigenvalue weighted by Gasteiger charge is -2.31.